The van der Waals surface area contributed by atoms with Gasteiger partial charge in [0.25, 0.3) is 0 Å². The molecule has 1 aromatic rings. The SMILES string of the molecule is C=C(C)CCC(NN)c1ccccn1. The summed E-state index contributed by atoms with van der Waals surface area (Å²) in [5, 5.41) is 0. The Bertz CT molecular complexity index is 282. The quantitative estimate of drug-likeness (QED) is 0.425. The van der Waals surface area contributed by atoms with Crippen molar-refractivity contribution in [3.8, 4) is 0 Å². The van der Waals surface area contributed by atoms with E-state index in [9.17, 15) is 0 Å². The van der Waals surface area contributed by atoms with Gasteiger partial charge in [0, 0.05) is 6.20 Å². The van der Waals surface area contributed by atoms with Crippen LogP contribution in [0.15, 0.2) is 36.5 Å². The number of rotatable bonds is 5. The zero-order chi connectivity index (χ0) is 10.4. The molecule has 76 valence electrons. The molecule has 0 amide bonds. The average Bonchev–Trinajstić information content (AvgIpc) is 2.20. The Kier molecular flexibility index (Phi) is 4.29. The fourth-order valence-corrected chi connectivity index (χ4v) is 1.29. The van der Waals surface area contributed by atoms with Crippen LogP contribution in [0.1, 0.15) is 31.5 Å². The van der Waals surface area contributed by atoms with E-state index in [4.69, 9.17) is 5.84 Å². The highest BCUT2D eigenvalue weighted by atomic mass is 15.2. The Hall–Kier alpha value is -1.19. The summed E-state index contributed by atoms with van der Waals surface area (Å²) in [5.41, 5.74) is 4.92. The van der Waals surface area contributed by atoms with Crippen molar-refractivity contribution in [3.05, 3.63) is 42.2 Å². The summed E-state index contributed by atoms with van der Waals surface area (Å²) in [4.78, 5) is 4.26. The van der Waals surface area contributed by atoms with Gasteiger partial charge in [-0.2, -0.15) is 0 Å². The molecule has 1 aromatic heterocycles. The van der Waals surface area contributed by atoms with Gasteiger partial charge < -0.3 is 0 Å². The second-order valence-corrected chi connectivity index (χ2v) is 3.47. The fraction of sp³-hybridized carbons (Fsp3) is 0.364. The molecule has 0 aliphatic heterocycles. The normalized spacial score (nSPS) is 12.4. The molecule has 0 aliphatic rings. The summed E-state index contributed by atoms with van der Waals surface area (Å²) in [7, 11) is 0. The summed E-state index contributed by atoms with van der Waals surface area (Å²) in [5.74, 6) is 5.47. The lowest BCUT2D eigenvalue weighted by atomic mass is 10.1. The standard InChI is InChI=1S/C11H17N3/c1-9(2)6-7-11(14-12)10-5-3-4-8-13-10/h3-5,8,11,14H,1,6-7,12H2,2H3. The minimum absolute atomic E-state index is 0.118. The molecule has 0 aliphatic carbocycles. The van der Waals surface area contributed by atoms with Gasteiger partial charge in [0.05, 0.1) is 11.7 Å². The lowest BCUT2D eigenvalue weighted by Crippen LogP contribution is -2.28. The summed E-state index contributed by atoms with van der Waals surface area (Å²) in [6, 6.07) is 5.96. The van der Waals surface area contributed by atoms with Crippen molar-refractivity contribution in [2.75, 3.05) is 0 Å². The van der Waals surface area contributed by atoms with E-state index in [1.54, 1.807) is 6.20 Å². The lowest BCUT2D eigenvalue weighted by Gasteiger charge is -2.14. The first-order valence-electron chi connectivity index (χ1n) is 4.75. The van der Waals surface area contributed by atoms with Gasteiger partial charge in [0.15, 0.2) is 0 Å². The number of nitrogens with zero attached hydrogens (tertiary/aromatic N) is 1. The second-order valence-electron chi connectivity index (χ2n) is 3.47. The van der Waals surface area contributed by atoms with Crippen LogP contribution in [0.4, 0.5) is 0 Å². The number of hydrogen-bond donors (Lipinski definition) is 2. The largest absolute Gasteiger partial charge is 0.271 e. The van der Waals surface area contributed by atoms with Crippen molar-refractivity contribution in [2.45, 2.75) is 25.8 Å². The molecule has 3 heteroatoms. The Morgan fingerprint density at radius 1 is 1.64 bits per heavy atom. The Balaban J connectivity index is 2.58. The van der Waals surface area contributed by atoms with E-state index in [0.29, 0.717) is 0 Å². The van der Waals surface area contributed by atoms with Gasteiger partial charge >= 0.3 is 0 Å². The molecule has 1 rings (SSSR count). The van der Waals surface area contributed by atoms with E-state index >= 15 is 0 Å². The van der Waals surface area contributed by atoms with E-state index in [1.807, 2.05) is 25.1 Å². The Labute approximate surface area is 85.0 Å². The number of nitrogens with one attached hydrogen (secondary N) is 1. The Morgan fingerprint density at radius 3 is 2.93 bits per heavy atom. The number of pyridine rings is 1. The van der Waals surface area contributed by atoms with Crippen molar-refractivity contribution in [2.24, 2.45) is 5.84 Å². The second kappa shape index (κ2) is 5.52. The van der Waals surface area contributed by atoms with E-state index in [-0.39, 0.29) is 6.04 Å². The highest BCUT2D eigenvalue weighted by Gasteiger charge is 2.09. The number of nitrogens with two attached hydrogens (primary N) is 1. The predicted octanol–water partition coefficient (Wildman–Crippen LogP) is 1.94. The van der Waals surface area contributed by atoms with Crippen LogP contribution >= 0.6 is 0 Å². The van der Waals surface area contributed by atoms with Crippen LogP contribution in [0.5, 0.6) is 0 Å². The number of aromatic nitrogens is 1. The smallest absolute Gasteiger partial charge is 0.0635 e. The molecule has 0 bridgehead atoms. The van der Waals surface area contributed by atoms with Crippen LogP contribution in [0, 0.1) is 0 Å². The predicted molar refractivity (Wildman–Crippen MR) is 58.3 cm³/mol. The van der Waals surface area contributed by atoms with Gasteiger partial charge in [-0.1, -0.05) is 11.6 Å². The number of allylic oxidation sites excluding steroid dienone is 1. The van der Waals surface area contributed by atoms with Crippen LogP contribution in [-0.4, -0.2) is 4.98 Å². The van der Waals surface area contributed by atoms with Gasteiger partial charge in [-0.3, -0.25) is 16.3 Å². The van der Waals surface area contributed by atoms with Crippen molar-refractivity contribution in [1.29, 1.82) is 0 Å². The summed E-state index contributed by atoms with van der Waals surface area (Å²) >= 11 is 0. The van der Waals surface area contributed by atoms with Gasteiger partial charge in [0.2, 0.25) is 0 Å². The summed E-state index contributed by atoms with van der Waals surface area (Å²) < 4.78 is 0. The van der Waals surface area contributed by atoms with Crippen molar-refractivity contribution in [1.82, 2.24) is 10.4 Å². The van der Waals surface area contributed by atoms with Gasteiger partial charge in [-0.25, -0.2) is 0 Å². The Morgan fingerprint density at radius 2 is 2.43 bits per heavy atom. The van der Waals surface area contributed by atoms with Gasteiger partial charge in [-0.05, 0) is 31.9 Å². The first kappa shape index (κ1) is 10.9. The highest BCUT2D eigenvalue weighted by Crippen LogP contribution is 2.16. The molecule has 0 spiro atoms. The monoisotopic (exact) mass is 191 g/mol. The lowest BCUT2D eigenvalue weighted by molar-refractivity contribution is 0.504. The third-order valence-electron chi connectivity index (χ3n) is 2.11. The number of hydrogen-bond acceptors (Lipinski definition) is 3. The van der Waals surface area contributed by atoms with Gasteiger partial charge in [-0.15, -0.1) is 6.58 Å². The van der Waals surface area contributed by atoms with E-state index < -0.39 is 0 Å². The van der Waals surface area contributed by atoms with Crippen LogP contribution < -0.4 is 11.3 Å². The van der Waals surface area contributed by atoms with Crippen LogP contribution in [0.25, 0.3) is 0 Å². The zero-order valence-electron chi connectivity index (χ0n) is 8.53. The molecule has 0 aromatic carbocycles. The van der Waals surface area contributed by atoms with Crippen LogP contribution in [0.2, 0.25) is 0 Å². The molecule has 0 saturated heterocycles. The van der Waals surface area contributed by atoms with Crippen molar-refractivity contribution < 1.29 is 0 Å². The minimum Gasteiger partial charge on any atom is -0.271 e. The minimum atomic E-state index is 0.118. The molecule has 0 radical (unpaired) electrons. The molecular formula is C11H17N3. The molecule has 3 nitrogen and oxygen atoms in total. The zero-order valence-corrected chi connectivity index (χ0v) is 8.53. The first-order valence-corrected chi connectivity index (χ1v) is 4.75. The average molecular weight is 191 g/mol. The van der Waals surface area contributed by atoms with Crippen molar-refractivity contribution >= 4 is 0 Å². The van der Waals surface area contributed by atoms with E-state index in [0.717, 1.165) is 18.5 Å². The van der Waals surface area contributed by atoms with E-state index in [1.165, 1.54) is 5.57 Å². The molecule has 0 saturated carbocycles. The van der Waals surface area contributed by atoms with Crippen molar-refractivity contribution in [3.63, 3.8) is 0 Å². The molecule has 1 heterocycles. The molecule has 1 unspecified atom stereocenters. The molecule has 0 fully saturated rings. The van der Waals surface area contributed by atoms with Crippen LogP contribution in [-0.2, 0) is 0 Å². The third-order valence-corrected chi connectivity index (χ3v) is 2.11. The fourth-order valence-electron chi connectivity index (χ4n) is 1.29. The maximum Gasteiger partial charge on any atom is 0.0635 e. The summed E-state index contributed by atoms with van der Waals surface area (Å²) in [6.07, 6.45) is 3.68. The van der Waals surface area contributed by atoms with Gasteiger partial charge in [0.1, 0.15) is 0 Å². The topological polar surface area (TPSA) is 50.9 Å². The maximum absolute atomic E-state index is 5.47. The van der Waals surface area contributed by atoms with Crippen LogP contribution in [0.3, 0.4) is 0 Å². The highest BCUT2D eigenvalue weighted by molar-refractivity contribution is 5.08. The van der Waals surface area contributed by atoms with E-state index in [2.05, 4.69) is 17.0 Å². The number of hydrazine groups is 1. The molecule has 14 heavy (non-hydrogen) atoms. The molecule has 3 N–H and O–H groups in total. The first-order chi connectivity index (χ1) is 6.74. The third kappa shape index (κ3) is 3.28. The molecule has 1 atom stereocenters. The molecular weight excluding hydrogens is 174 g/mol. The summed E-state index contributed by atoms with van der Waals surface area (Å²) in [6.45, 7) is 5.89. The maximum atomic E-state index is 5.47.